The van der Waals surface area contributed by atoms with Crippen LogP contribution in [0.3, 0.4) is 0 Å². The Hall–Kier alpha value is -0.120. The summed E-state index contributed by atoms with van der Waals surface area (Å²) >= 11 is 0. The van der Waals surface area contributed by atoms with Crippen molar-refractivity contribution in [3.8, 4) is 0 Å². The number of hydrogen-bond acceptors (Lipinski definition) is 3. The molecule has 12 heavy (non-hydrogen) atoms. The van der Waals surface area contributed by atoms with Crippen molar-refractivity contribution in [1.82, 2.24) is 0 Å². The van der Waals surface area contributed by atoms with Gasteiger partial charge in [0.05, 0.1) is 19.3 Å². The van der Waals surface area contributed by atoms with Gasteiger partial charge in [0.1, 0.15) is 6.10 Å². The zero-order valence-electron chi connectivity index (χ0n) is 8.50. The molecule has 0 fully saturated rings. The topological polar surface area (TPSA) is 27.7 Å². The third-order valence-corrected chi connectivity index (χ3v) is 1.37. The minimum Gasteiger partial charge on any atom is -0.382 e. The van der Waals surface area contributed by atoms with Crippen LogP contribution in [0.25, 0.3) is 0 Å². The first kappa shape index (κ1) is 11.9. The quantitative estimate of drug-likeness (QED) is 0.588. The Kier molecular flexibility index (Phi) is 7.45. The van der Waals surface area contributed by atoms with Crippen LogP contribution in [0.4, 0.5) is 0 Å². The fourth-order valence-corrected chi connectivity index (χ4v) is 0.866. The average Bonchev–Trinajstić information content (AvgIpc) is 2.01. The van der Waals surface area contributed by atoms with E-state index in [9.17, 15) is 0 Å². The monoisotopic (exact) mass is 176 g/mol. The molecule has 0 aliphatic heterocycles. The Labute approximate surface area is 75.0 Å². The van der Waals surface area contributed by atoms with Gasteiger partial charge in [-0.15, -0.1) is 0 Å². The second-order valence-corrected chi connectivity index (χ2v) is 2.91. The number of hydrogen-bond donors (Lipinski definition) is 0. The first-order valence-electron chi connectivity index (χ1n) is 4.42. The first-order chi connectivity index (χ1) is 5.70. The van der Waals surface area contributed by atoms with Gasteiger partial charge in [-0.3, -0.25) is 0 Å². The molecular formula is C9H20O3. The van der Waals surface area contributed by atoms with Gasteiger partial charge >= 0.3 is 0 Å². The van der Waals surface area contributed by atoms with Gasteiger partial charge in [-0.2, -0.15) is 0 Å². The molecule has 3 heteroatoms. The summed E-state index contributed by atoms with van der Waals surface area (Å²) in [6.45, 7) is 7.90. The summed E-state index contributed by atoms with van der Waals surface area (Å²) in [5, 5.41) is 0. The summed E-state index contributed by atoms with van der Waals surface area (Å²) in [7, 11) is 1.67. The highest BCUT2D eigenvalue weighted by Gasteiger charge is 2.08. The molecule has 0 aromatic rings. The van der Waals surface area contributed by atoms with Gasteiger partial charge in [0.25, 0.3) is 0 Å². The highest BCUT2D eigenvalue weighted by molar-refractivity contribution is 4.55. The maximum Gasteiger partial charge on any atom is 0.104 e. The molecule has 0 aliphatic carbocycles. The molecule has 0 N–H and O–H groups in total. The Morgan fingerprint density at radius 2 is 1.75 bits per heavy atom. The van der Waals surface area contributed by atoms with Gasteiger partial charge in [0.2, 0.25) is 0 Å². The van der Waals surface area contributed by atoms with Crippen molar-refractivity contribution in [2.45, 2.75) is 33.0 Å². The Balaban J connectivity index is 3.48. The third kappa shape index (κ3) is 6.58. The maximum absolute atomic E-state index is 5.40. The second-order valence-electron chi connectivity index (χ2n) is 2.91. The van der Waals surface area contributed by atoms with Gasteiger partial charge in [0.15, 0.2) is 0 Å². The highest BCUT2D eigenvalue weighted by Crippen LogP contribution is 1.97. The lowest BCUT2D eigenvalue weighted by Crippen LogP contribution is -2.26. The molecule has 0 rings (SSSR count). The average molecular weight is 176 g/mol. The van der Waals surface area contributed by atoms with Crippen LogP contribution in [0, 0.1) is 0 Å². The van der Waals surface area contributed by atoms with E-state index in [0.717, 1.165) is 0 Å². The van der Waals surface area contributed by atoms with E-state index in [1.54, 1.807) is 7.11 Å². The summed E-state index contributed by atoms with van der Waals surface area (Å²) in [6, 6.07) is 0. The molecule has 0 bridgehead atoms. The van der Waals surface area contributed by atoms with Crippen molar-refractivity contribution >= 4 is 0 Å². The molecule has 0 aliphatic rings. The van der Waals surface area contributed by atoms with E-state index in [1.165, 1.54) is 0 Å². The van der Waals surface area contributed by atoms with Crippen LogP contribution in [0.15, 0.2) is 0 Å². The molecule has 0 aromatic carbocycles. The molecule has 0 saturated heterocycles. The summed E-state index contributed by atoms with van der Waals surface area (Å²) in [5.74, 6) is 0. The lowest BCUT2D eigenvalue weighted by molar-refractivity contribution is -0.0605. The predicted octanol–water partition coefficient (Wildman–Crippen LogP) is 1.46. The van der Waals surface area contributed by atoms with Crippen molar-refractivity contribution in [2.75, 3.05) is 26.9 Å². The molecule has 0 amide bonds. The standard InChI is InChI=1S/C9H20O3/c1-5-11-9(6-10-4)7-12-8(2)3/h8-9H,5-7H2,1-4H3. The van der Waals surface area contributed by atoms with Crippen molar-refractivity contribution in [2.24, 2.45) is 0 Å². The molecule has 0 aromatic heterocycles. The smallest absolute Gasteiger partial charge is 0.104 e. The molecular weight excluding hydrogens is 156 g/mol. The molecule has 3 nitrogen and oxygen atoms in total. The van der Waals surface area contributed by atoms with Crippen LogP contribution in [-0.2, 0) is 14.2 Å². The van der Waals surface area contributed by atoms with E-state index < -0.39 is 0 Å². The van der Waals surface area contributed by atoms with E-state index in [0.29, 0.717) is 19.8 Å². The fraction of sp³-hybridized carbons (Fsp3) is 1.00. The number of rotatable bonds is 7. The normalized spacial score (nSPS) is 13.8. The van der Waals surface area contributed by atoms with Gasteiger partial charge in [-0.1, -0.05) is 0 Å². The molecule has 0 radical (unpaired) electrons. The second kappa shape index (κ2) is 7.53. The number of methoxy groups -OCH3 is 1. The van der Waals surface area contributed by atoms with Gasteiger partial charge in [-0.05, 0) is 20.8 Å². The van der Waals surface area contributed by atoms with Crippen molar-refractivity contribution < 1.29 is 14.2 Å². The molecule has 1 atom stereocenters. The predicted molar refractivity (Wildman–Crippen MR) is 48.4 cm³/mol. The maximum atomic E-state index is 5.40. The largest absolute Gasteiger partial charge is 0.382 e. The zero-order valence-corrected chi connectivity index (χ0v) is 8.50. The van der Waals surface area contributed by atoms with Crippen LogP contribution >= 0.6 is 0 Å². The molecule has 1 unspecified atom stereocenters. The Bertz CT molecular complexity index is 87.8. The number of ether oxygens (including phenoxy) is 3. The fourth-order valence-electron chi connectivity index (χ4n) is 0.866. The lowest BCUT2D eigenvalue weighted by atomic mass is 10.4. The van der Waals surface area contributed by atoms with Crippen molar-refractivity contribution in [1.29, 1.82) is 0 Å². The third-order valence-electron chi connectivity index (χ3n) is 1.37. The summed E-state index contributed by atoms with van der Waals surface area (Å²) < 4.78 is 15.8. The first-order valence-corrected chi connectivity index (χ1v) is 4.42. The van der Waals surface area contributed by atoms with E-state index in [-0.39, 0.29) is 12.2 Å². The SMILES string of the molecule is CCOC(COC)COC(C)C. The van der Waals surface area contributed by atoms with Crippen LogP contribution in [0.1, 0.15) is 20.8 Å². The van der Waals surface area contributed by atoms with Gasteiger partial charge in [-0.25, -0.2) is 0 Å². The van der Waals surface area contributed by atoms with Crippen molar-refractivity contribution in [3.05, 3.63) is 0 Å². The summed E-state index contributed by atoms with van der Waals surface area (Å²) in [6.07, 6.45) is 0.326. The van der Waals surface area contributed by atoms with E-state index >= 15 is 0 Å². The Morgan fingerprint density at radius 3 is 2.17 bits per heavy atom. The Morgan fingerprint density at radius 1 is 1.08 bits per heavy atom. The molecule has 74 valence electrons. The van der Waals surface area contributed by atoms with Crippen LogP contribution < -0.4 is 0 Å². The minimum absolute atomic E-state index is 0.0717. The van der Waals surface area contributed by atoms with Crippen molar-refractivity contribution in [3.63, 3.8) is 0 Å². The van der Waals surface area contributed by atoms with Gasteiger partial charge in [0, 0.05) is 13.7 Å². The molecule has 0 heterocycles. The minimum atomic E-state index is 0.0717. The lowest BCUT2D eigenvalue weighted by Gasteiger charge is -2.17. The van der Waals surface area contributed by atoms with Crippen LogP contribution in [-0.4, -0.2) is 39.1 Å². The zero-order chi connectivity index (χ0) is 9.40. The molecule has 0 spiro atoms. The van der Waals surface area contributed by atoms with Gasteiger partial charge < -0.3 is 14.2 Å². The molecule has 0 saturated carbocycles. The summed E-state index contributed by atoms with van der Waals surface area (Å²) in [4.78, 5) is 0. The summed E-state index contributed by atoms with van der Waals surface area (Å²) in [5.41, 5.74) is 0. The highest BCUT2D eigenvalue weighted by atomic mass is 16.6. The van der Waals surface area contributed by atoms with E-state index in [1.807, 2.05) is 20.8 Å². The van der Waals surface area contributed by atoms with E-state index in [2.05, 4.69) is 0 Å². The van der Waals surface area contributed by atoms with Crippen LogP contribution in [0.5, 0.6) is 0 Å². The van der Waals surface area contributed by atoms with Crippen LogP contribution in [0.2, 0.25) is 0 Å². The van der Waals surface area contributed by atoms with E-state index in [4.69, 9.17) is 14.2 Å².